The minimum absolute atomic E-state index is 0.0491. The van der Waals surface area contributed by atoms with Crippen LogP contribution in [-0.4, -0.2) is 29.3 Å². The molecule has 0 atom stereocenters. The van der Waals surface area contributed by atoms with Gasteiger partial charge < -0.3 is 4.74 Å². The van der Waals surface area contributed by atoms with E-state index in [2.05, 4.69) is 10.2 Å². The number of carbonyl (C=O) groups excluding carboxylic acids is 1. The number of halogens is 3. The van der Waals surface area contributed by atoms with Crippen molar-refractivity contribution >= 4 is 5.78 Å². The Kier molecular flexibility index (Phi) is 4.42. The molecule has 0 amide bonds. The summed E-state index contributed by atoms with van der Waals surface area (Å²) in [6.07, 6.45) is -5.63. The van der Waals surface area contributed by atoms with Crippen molar-refractivity contribution in [1.82, 2.24) is 10.2 Å². The minimum Gasteiger partial charge on any atom is -0.480 e. The number of hydrogen-bond donors (Lipinski definition) is 0. The Morgan fingerprint density at radius 3 is 2.53 bits per heavy atom. The number of alkyl halides is 3. The molecule has 0 aliphatic rings. The van der Waals surface area contributed by atoms with Gasteiger partial charge in [-0.25, -0.2) is 0 Å². The van der Waals surface area contributed by atoms with Crippen LogP contribution in [0.1, 0.15) is 29.8 Å². The van der Waals surface area contributed by atoms with E-state index >= 15 is 0 Å². The molecule has 0 radical (unpaired) electrons. The van der Waals surface area contributed by atoms with E-state index < -0.39 is 18.4 Å². The topological polar surface area (TPSA) is 52.1 Å². The number of ether oxygens (including phenoxy) is 1. The molecular weight excluding hydrogens is 237 g/mol. The van der Waals surface area contributed by atoms with Crippen molar-refractivity contribution in [3.8, 4) is 5.88 Å². The lowest BCUT2D eigenvalue weighted by molar-refractivity contribution is -0.135. The number of hydrogen-bond acceptors (Lipinski definition) is 4. The highest BCUT2D eigenvalue weighted by molar-refractivity contribution is 5.93. The third-order valence-electron chi connectivity index (χ3n) is 2.00. The fourth-order valence-corrected chi connectivity index (χ4v) is 1.16. The molecular formula is C10H11F3N2O2. The fourth-order valence-electron chi connectivity index (χ4n) is 1.16. The molecule has 0 spiro atoms. The van der Waals surface area contributed by atoms with Gasteiger partial charge in [0.1, 0.15) is 5.69 Å². The van der Waals surface area contributed by atoms with Crippen LogP contribution in [0, 0.1) is 0 Å². The lowest BCUT2D eigenvalue weighted by Gasteiger charge is -2.04. The maximum Gasteiger partial charge on any atom is 0.389 e. The van der Waals surface area contributed by atoms with E-state index in [0.717, 1.165) is 0 Å². The molecule has 7 heteroatoms. The van der Waals surface area contributed by atoms with Crippen molar-refractivity contribution in [3.63, 3.8) is 0 Å². The van der Waals surface area contributed by atoms with Gasteiger partial charge in [0.15, 0.2) is 5.78 Å². The molecule has 0 bridgehead atoms. The number of carbonyl (C=O) groups is 1. The van der Waals surface area contributed by atoms with Crippen LogP contribution in [-0.2, 0) is 0 Å². The zero-order valence-corrected chi connectivity index (χ0v) is 9.12. The number of aromatic nitrogens is 2. The van der Waals surface area contributed by atoms with E-state index in [9.17, 15) is 18.0 Å². The first-order valence-corrected chi connectivity index (χ1v) is 4.90. The van der Waals surface area contributed by atoms with Crippen molar-refractivity contribution in [2.75, 3.05) is 7.11 Å². The smallest absolute Gasteiger partial charge is 0.389 e. The van der Waals surface area contributed by atoms with Crippen molar-refractivity contribution < 1.29 is 22.7 Å². The van der Waals surface area contributed by atoms with E-state index in [0.29, 0.717) is 0 Å². The van der Waals surface area contributed by atoms with Gasteiger partial charge in [-0.15, -0.1) is 10.2 Å². The van der Waals surface area contributed by atoms with Crippen LogP contribution in [0.15, 0.2) is 12.1 Å². The summed E-state index contributed by atoms with van der Waals surface area (Å²) in [4.78, 5) is 11.4. The number of rotatable bonds is 5. The Bertz CT molecular complexity index is 376. The zero-order chi connectivity index (χ0) is 12.9. The predicted octanol–water partition coefficient (Wildman–Crippen LogP) is 2.40. The summed E-state index contributed by atoms with van der Waals surface area (Å²) in [5, 5.41) is 7.12. The molecule has 1 heterocycles. The van der Waals surface area contributed by atoms with E-state index in [1.54, 1.807) is 0 Å². The molecule has 0 aromatic carbocycles. The van der Waals surface area contributed by atoms with Gasteiger partial charge in [0.25, 0.3) is 0 Å². The summed E-state index contributed by atoms with van der Waals surface area (Å²) < 4.78 is 40.3. The van der Waals surface area contributed by atoms with Crippen LogP contribution in [0.4, 0.5) is 13.2 Å². The highest BCUT2D eigenvalue weighted by Gasteiger charge is 2.26. The van der Waals surface area contributed by atoms with Crippen molar-refractivity contribution in [1.29, 1.82) is 0 Å². The lowest BCUT2D eigenvalue weighted by Crippen LogP contribution is -2.09. The van der Waals surface area contributed by atoms with Crippen LogP contribution in [0.2, 0.25) is 0 Å². The van der Waals surface area contributed by atoms with E-state index in [4.69, 9.17) is 4.74 Å². The van der Waals surface area contributed by atoms with E-state index in [1.807, 2.05) is 0 Å². The average Bonchev–Trinajstić information content (AvgIpc) is 2.27. The van der Waals surface area contributed by atoms with E-state index in [1.165, 1.54) is 19.2 Å². The first-order chi connectivity index (χ1) is 7.92. The average molecular weight is 248 g/mol. The number of nitrogens with zero attached hydrogens (tertiary/aromatic N) is 2. The summed E-state index contributed by atoms with van der Waals surface area (Å²) in [6.45, 7) is 0. The molecule has 0 unspecified atom stereocenters. The Hall–Kier alpha value is -1.66. The molecule has 0 aliphatic heterocycles. The predicted molar refractivity (Wildman–Crippen MR) is 52.8 cm³/mol. The van der Waals surface area contributed by atoms with Gasteiger partial charge in [-0.3, -0.25) is 4.79 Å². The van der Waals surface area contributed by atoms with Crippen molar-refractivity contribution in [3.05, 3.63) is 17.8 Å². The van der Waals surface area contributed by atoms with Gasteiger partial charge in [0.2, 0.25) is 5.88 Å². The molecule has 1 aromatic heterocycles. The van der Waals surface area contributed by atoms with Crippen molar-refractivity contribution in [2.24, 2.45) is 0 Å². The lowest BCUT2D eigenvalue weighted by atomic mass is 10.1. The molecule has 0 saturated heterocycles. The second-order valence-electron chi connectivity index (χ2n) is 3.35. The van der Waals surface area contributed by atoms with Crippen LogP contribution in [0.25, 0.3) is 0 Å². The summed E-state index contributed by atoms with van der Waals surface area (Å²) in [5.41, 5.74) is 0.0491. The quantitative estimate of drug-likeness (QED) is 0.751. The number of methoxy groups -OCH3 is 1. The van der Waals surface area contributed by atoms with Gasteiger partial charge in [-0.05, 0) is 12.5 Å². The first-order valence-electron chi connectivity index (χ1n) is 4.90. The van der Waals surface area contributed by atoms with Crippen molar-refractivity contribution in [2.45, 2.75) is 25.4 Å². The van der Waals surface area contributed by atoms with Crippen LogP contribution in [0.5, 0.6) is 5.88 Å². The molecule has 94 valence electrons. The minimum atomic E-state index is -4.23. The van der Waals surface area contributed by atoms with Gasteiger partial charge in [0.05, 0.1) is 7.11 Å². The normalized spacial score (nSPS) is 11.3. The second-order valence-corrected chi connectivity index (χ2v) is 3.35. The SMILES string of the molecule is COc1ccc(C(=O)CCCC(F)(F)F)nn1. The Morgan fingerprint density at radius 1 is 1.35 bits per heavy atom. The van der Waals surface area contributed by atoms with Gasteiger partial charge >= 0.3 is 6.18 Å². The summed E-state index contributed by atoms with van der Waals surface area (Å²) in [5.74, 6) is -0.207. The van der Waals surface area contributed by atoms with E-state index in [-0.39, 0.29) is 24.4 Å². The molecule has 0 fully saturated rings. The first kappa shape index (κ1) is 13.4. The monoisotopic (exact) mass is 248 g/mol. The fraction of sp³-hybridized carbons (Fsp3) is 0.500. The highest BCUT2D eigenvalue weighted by atomic mass is 19.4. The molecule has 1 rings (SSSR count). The summed E-state index contributed by atoms with van der Waals surface area (Å²) >= 11 is 0. The Morgan fingerprint density at radius 2 is 2.06 bits per heavy atom. The molecule has 0 aliphatic carbocycles. The largest absolute Gasteiger partial charge is 0.480 e. The molecule has 1 aromatic rings. The third-order valence-corrected chi connectivity index (χ3v) is 2.00. The zero-order valence-electron chi connectivity index (χ0n) is 9.12. The standard InChI is InChI=1S/C10H11F3N2O2/c1-17-9-5-4-7(14-15-9)8(16)3-2-6-10(11,12)13/h4-5H,2-3,6H2,1H3. The summed E-state index contributed by atoms with van der Waals surface area (Å²) in [7, 11) is 1.40. The molecule has 0 saturated carbocycles. The summed E-state index contributed by atoms with van der Waals surface area (Å²) in [6, 6.07) is 2.81. The van der Waals surface area contributed by atoms with Crippen LogP contribution >= 0.6 is 0 Å². The second kappa shape index (κ2) is 5.60. The third kappa shape index (κ3) is 4.80. The highest BCUT2D eigenvalue weighted by Crippen LogP contribution is 2.22. The van der Waals surface area contributed by atoms with Crippen LogP contribution < -0.4 is 4.74 Å². The number of ketones is 1. The molecule has 0 N–H and O–H groups in total. The maximum absolute atomic E-state index is 11.9. The van der Waals surface area contributed by atoms with Gasteiger partial charge in [-0.2, -0.15) is 13.2 Å². The Labute approximate surface area is 95.8 Å². The maximum atomic E-state index is 11.9. The van der Waals surface area contributed by atoms with Gasteiger partial charge in [0, 0.05) is 18.9 Å². The number of Topliss-reactive ketones (excluding diaryl/α,β-unsaturated/α-hetero) is 1. The Balaban J connectivity index is 2.47. The van der Waals surface area contributed by atoms with Crippen LogP contribution in [0.3, 0.4) is 0 Å². The molecule has 4 nitrogen and oxygen atoms in total. The molecule has 17 heavy (non-hydrogen) atoms. The van der Waals surface area contributed by atoms with Gasteiger partial charge in [-0.1, -0.05) is 0 Å².